The Morgan fingerprint density at radius 2 is 0.207 bits per heavy atom. The summed E-state index contributed by atoms with van der Waals surface area (Å²) in [6.45, 7) is 0. The van der Waals surface area contributed by atoms with Gasteiger partial charge in [-0.2, -0.15) is 0 Å². The van der Waals surface area contributed by atoms with E-state index in [0.29, 0.717) is 34.9 Å². The molecule has 0 atom stereocenters. The lowest BCUT2D eigenvalue weighted by Gasteiger charge is -2.15. The minimum atomic E-state index is 0.558. The van der Waals surface area contributed by atoms with Gasteiger partial charge in [0.1, 0.15) is 0 Å². The maximum absolute atomic E-state index is 5.49. The summed E-state index contributed by atoms with van der Waals surface area (Å²) >= 11 is 1.78. The number of hydrogen-bond donors (Lipinski definition) is 0. The second kappa shape index (κ2) is 40.6. The molecule has 680 valence electrons. The first-order chi connectivity index (χ1) is 71.7. The molecule has 0 saturated heterocycles. The minimum Gasteiger partial charge on any atom is -0.208 e. The fourth-order valence-electron chi connectivity index (χ4n) is 19.5. The first-order valence-corrected chi connectivity index (χ1v) is 49.8. The molecule has 24 aromatic rings. The second-order valence-electron chi connectivity index (χ2n) is 36.5. The Hall–Kier alpha value is -18.8. The van der Waals surface area contributed by atoms with Crippen LogP contribution in [0.1, 0.15) is 0 Å². The molecule has 0 N–H and O–H groups in total. The lowest BCUT2D eigenvalue weighted by Crippen LogP contribution is -2.00. The molecular formula is C138H92N6S. The van der Waals surface area contributed by atoms with E-state index in [-0.39, 0.29) is 0 Å². The van der Waals surface area contributed by atoms with Gasteiger partial charge in [-0.1, -0.05) is 436 Å². The van der Waals surface area contributed by atoms with Crippen molar-refractivity contribution >= 4 is 11.8 Å². The van der Waals surface area contributed by atoms with Crippen molar-refractivity contribution in [3.05, 3.63) is 558 Å². The van der Waals surface area contributed by atoms with Crippen LogP contribution in [-0.4, -0.2) is 29.9 Å². The summed E-state index contributed by atoms with van der Waals surface area (Å²) in [5, 5.41) is 0. The van der Waals surface area contributed by atoms with Gasteiger partial charge in [0.25, 0.3) is 0 Å². The quantitative estimate of drug-likeness (QED) is 0.0596. The van der Waals surface area contributed by atoms with Crippen molar-refractivity contribution in [1.29, 1.82) is 0 Å². The standard InChI is InChI=1S/C138H92N6S/c1-9-37-93(38-10-1)117-81-118(94-39-11-2-12-40-94)86-125(85-117)105-57-33-65-113(77-105)135-139-133(140-136(143-135)114-66-34-58-106(78-114)126-87-119(95-41-13-3-14-42-95)82-120(88-126)96-43-15-4-16-44-96)111-63-31-55-103(75-111)101-53-29-61-109(73-101)129-69-25-27-71-131(129)145-132-72-28-26-70-130(132)110-62-30-54-102(74-110)104-56-32-64-112(76-104)134-141-137(115-67-35-59-107(79-115)127-89-121(97-45-17-5-18-46-97)83-122(90-127)98-47-19-6-20-48-98)144-138(142-134)116-68-36-60-108(80-116)128-91-123(99-49-21-7-22-50-99)84-124(92-128)100-51-23-8-24-52-100/h1-92H. The lowest BCUT2D eigenvalue weighted by molar-refractivity contribution is 1.07. The number of hydrogen-bond acceptors (Lipinski definition) is 7. The molecule has 2 aromatic heterocycles. The van der Waals surface area contributed by atoms with E-state index in [1.165, 1.54) is 0 Å². The van der Waals surface area contributed by atoms with E-state index in [1.54, 1.807) is 11.8 Å². The largest absolute Gasteiger partial charge is 0.208 e. The van der Waals surface area contributed by atoms with Gasteiger partial charge in [0.15, 0.2) is 34.9 Å². The van der Waals surface area contributed by atoms with Crippen LogP contribution in [0.3, 0.4) is 0 Å². The van der Waals surface area contributed by atoms with E-state index in [9.17, 15) is 0 Å². The van der Waals surface area contributed by atoms with E-state index < -0.39 is 0 Å². The fraction of sp³-hybridized carbons (Fsp3) is 0. The van der Waals surface area contributed by atoms with Crippen LogP contribution >= 0.6 is 11.8 Å². The summed E-state index contributed by atoms with van der Waals surface area (Å²) in [6.07, 6.45) is 0. The third-order valence-corrected chi connectivity index (χ3v) is 28.1. The molecule has 0 fully saturated rings. The Labute approximate surface area is 849 Å². The summed E-state index contributed by atoms with van der Waals surface area (Å²) in [4.78, 5) is 35.2. The van der Waals surface area contributed by atoms with Crippen molar-refractivity contribution in [3.8, 4) is 246 Å². The van der Waals surface area contributed by atoms with Gasteiger partial charge in [-0.25, -0.2) is 29.9 Å². The average Bonchev–Trinajstić information content (AvgIpc) is 0.789. The van der Waals surface area contributed by atoms with Gasteiger partial charge in [0.05, 0.1) is 0 Å². The van der Waals surface area contributed by atoms with Gasteiger partial charge in [0, 0.05) is 43.2 Å². The van der Waals surface area contributed by atoms with Crippen molar-refractivity contribution < 1.29 is 0 Å². The number of nitrogens with zero attached hydrogens (tertiary/aromatic N) is 6. The third kappa shape index (κ3) is 19.6. The smallest absolute Gasteiger partial charge is 0.164 e. The summed E-state index contributed by atoms with van der Waals surface area (Å²) in [6, 6.07) is 200. The van der Waals surface area contributed by atoms with Crippen molar-refractivity contribution in [2.75, 3.05) is 0 Å². The second-order valence-corrected chi connectivity index (χ2v) is 37.6. The zero-order valence-electron chi connectivity index (χ0n) is 79.2. The monoisotopic (exact) mass is 1860 g/mol. The van der Waals surface area contributed by atoms with Gasteiger partial charge >= 0.3 is 0 Å². The number of benzene rings is 22. The normalized spacial score (nSPS) is 11.2. The Kier molecular flexibility index (Phi) is 24.9. The van der Waals surface area contributed by atoms with Crippen LogP contribution in [0, 0.1) is 0 Å². The van der Waals surface area contributed by atoms with Crippen LogP contribution in [0.25, 0.3) is 246 Å². The first kappa shape index (κ1) is 88.9. The van der Waals surface area contributed by atoms with Gasteiger partial charge < -0.3 is 0 Å². The van der Waals surface area contributed by atoms with Crippen molar-refractivity contribution in [3.63, 3.8) is 0 Å². The molecule has 0 aliphatic heterocycles. The maximum atomic E-state index is 5.49. The highest BCUT2D eigenvalue weighted by molar-refractivity contribution is 7.99. The van der Waals surface area contributed by atoms with Gasteiger partial charge in [-0.05, 0) is 311 Å². The van der Waals surface area contributed by atoms with Crippen LogP contribution in [-0.2, 0) is 0 Å². The SMILES string of the molecule is c1ccc(-c2cc(-c3ccccc3)cc(-c3cccc(-c4nc(-c5cccc(-c6cc(-c7ccccc7)cc(-c7ccccc7)c6)c5)nc(-c5cccc(-c6cccc(-c7ccccc7Sc7ccccc7-c7cccc(-c8cccc(-c9nc(-c%10cccc(-c%11cc(-c%12ccccc%12)cc(-c%12ccccc%12)c%11)c%10)nc(-c%10cccc(-c%11cc(-c%12ccccc%12)cc(-c%12ccccc%12)c%11)c%10)n9)c8)c7)c6)c5)n4)c3)c2)cc1. The zero-order valence-corrected chi connectivity index (χ0v) is 80.0. The van der Waals surface area contributed by atoms with Gasteiger partial charge in [-0.15, -0.1) is 0 Å². The average molecular weight is 1870 g/mol. The molecule has 145 heavy (non-hydrogen) atoms. The summed E-state index contributed by atoms with van der Waals surface area (Å²) in [7, 11) is 0. The highest BCUT2D eigenvalue weighted by Crippen LogP contribution is 2.47. The fourth-order valence-corrected chi connectivity index (χ4v) is 20.7. The third-order valence-electron chi connectivity index (χ3n) is 26.9. The van der Waals surface area contributed by atoms with Crippen LogP contribution < -0.4 is 0 Å². The molecule has 0 bridgehead atoms. The van der Waals surface area contributed by atoms with E-state index >= 15 is 0 Å². The predicted molar refractivity (Wildman–Crippen MR) is 603 cm³/mol. The topological polar surface area (TPSA) is 77.3 Å². The van der Waals surface area contributed by atoms with Crippen LogP contribution in [0.4, 0.5) is 0 Å². The molecule has 0 unspecified atom stereocenters. The van der Waals surface area contributed by atoms with Crippen molar-refractivity contribution in [2.24, 2.45) is 0 Å². The Balaban J connectivity index is 0.556. The molecule has 22 aromatic carbocycles. The molecule has 0 saturated carbocycles. The summed E-state index contributed by atoms with van der Waals surface area (Å²) in [5.74, 6) is 3.37. The zero-order chi connectivity index (χ0) is 96.6. The molecule has 0 aliphatic rings. The van der Waals surface area contributed by atoms with E-state index in [4.69, 9.17) is 29.9 Å². The highest BCUT2D eigenvalue weighted by atomic mass is 32.2. The van der Waals surface area contributed by atoms with E-state index in [1.807, 2.05) is 0 Å². The Morgan fingerprint density at radius 3 is 0.386 bits per heavy atom. The van der Waals surface area contributed by atoms with Crippen LogP contribution in [0.2, 0.25) is 0 Å². The van der Waals surface area contributed by atoms with E-state index in [2.05, 4.69) is 558 Å². The maximum Gasteiger partial charge on any atom is 0.164 e. The molecule has 6 nitrogen and oxygen atoms in total. The summed E-state index contributed by atoms with van der Waals surface area (Å²) in [5.41, 5.74) is 40.5. The van der Waals surface area contributed by atoms with Crippen molar-refractivity contribution in [2.45, 2.75) is 9.79 Å². The van der Waals surface area contributed by atoms with Gasteiger partial charge in [-0.3, -0.25) is 0 Å². The summed E-state index contributed by atoms with van der Waals surface area (Å²) < 4.78 is 0. The lowest BCUT2D eigenvalue weighted by atomic mass is 9.92. The van der Waals surface area contributed by atoms with Crippen molar-refractivity contribution in [1.82, 2.24) is 29.9 Å². The molecular weight excluding hydrogens is 1770 g/mol. The van der Waals surface area contributed by atoms with Crippen LogP contribution in [0.5, 0.6) is 0 Å². The molecule has 0 aliphatic carbocycles. The number of aromatic nitrogens is 6. The minimum absolute atomic E-state index is 0.558. The first-order valence-electron chi connectivity index (χ1n) is 49.0. The molecule has 0 radical (unpaired) electrons. The molecule has 24 rings (SSSR count). The Bertz CT molecular complexity index is 7740. The van der Waals surface area contributed by atoms with Crippen LogP contribution in [0.15, 0.2) is 568 Å². The Morgan fingerprint density at radius 1 is 0.0897 bits per heavy atom. The molecule has 0 amide bonds. The van der Waals surface area contributed by atoms with E-state index in [0.717, 1.165) is 221 Å². The predicted octanol–water partition coefficient (Wildman–Crippen LogP) is 36.9. The highest BCUT2D eigenvalue weighted by Gasteiger charge is 2.23. The molecule has 0 spiro atoms. The number of rotatable bonds is 24. The molecule has 7 heteroatoms. The van der Waals surface area contributed by atoms with Gasteiger partial charge in [0.2, 0.25) is 0 Å². The molecule has 2 heterocycles.